The smallest absolute Gasteiger partial charge is 0.198 e. The lowest BCUT2D eigenvalue weighted by molar-refractivity contribution is -0.119. The molecule has 1 aromatic rings. The van der Waals surface area contributed by atoms with Crippen molar-refractivity contribution in [2.24, 2.45) is 0 Å². The number of hydrogen-bond donors (Lipinski definition) is 0. The van der Waals surface area contributed by atoms with Gasteiger partial charge in [0, 0.05) is 24.6 Å². The largest absolute Gasteiger partial charge is 0.381 e. The summed E-state index contributed by atoms with van der Waals surface area (Å²) in [6.45, 7) is 2.85. The van der Waals surface area contributed by atoms with E-state index in [1.807, 2.05) is 6.92 Å². The van der Waals surface area contributed by atoms with Crippen LogP contribution in [0.2, 0.25) is 0 Å². The molecule has 82 valence electrons. The number of ether oxygens (including phenoxy) is 1. The molecule has 0 atom stereocenters. The van der Waals surface area contributed by atoms with E-state index < -0.39 is 0 Å². The zero-order chi connectivity index (χ0) is 11.1. The SMILES string of the molecule is CCOCCC(=O)CC(=O)c1nccs1. The van der Waals surface area contributed by atoms with Crippen LogP contribution in [0.1, 0.15) is 29.6 Å². The van der Waals surface area contributed by atoms with E-state index in [0.29, 0.717) is 24.6 Å². The van der Waals surface area contributed by atoms with Gasteiger partial charge in [-0.2, -0.15) is 0 Å². The van der Waals surface area contributed by atoms with Crippen molar-refractivity contribution in [1.29, 1.82) is 0 Å². The van der Waals surface area contributed by atoms with Crippen molar-refractivity contribution >= 4 is 22.9 Å². The maximum Gasteiger partial charge on any atom is 0.198 e. The molecule has 0 N–H and O–H groups in total. The van der Waals surface area contributed by atoms with Crippen LogP contribution in [0.25, 0.3) is 0 Å². The third-order valence-corrected chi connectivity index (χ3v) is 2.57. The molecule has 0 spiro atoms. The molecule has 0 fully saturated rings. The molecule has 1 heterocycles. The summed E-state index contributed by atoms with van der Waals surface area (Å²) in [5.74, 6) is -0.296. The molecular weight excluding hydrogens is 214 g/mol. The van der Waals surface area contributed by atoms with Crippen LogP contribution in [-0.2, 0) is 9.53 Å². The second kappa shape index (κ2) is 6.42. The maximum atomic E-state index is 11.4. The average Bonchev–Trinajstić information content (AvgIpc) is 2.70. The van der Waals surface area contributed by atoms with Gasteiger partial charge in [0.05, 0.1) is 13.0 Å². The van der Waals surface area contributed by atoms with Crippen LogP contribution in [-0.4, -0.2) is 29.8 Å². The van der Waals surface area contributed by atoms with Gasteiger partial charge in [-0.15, -0.1) is 11.3 Å². The van der Waals surface area contributed by atoms with Crippen LogP contribution in [0.15, 0.2) is 11.6 Å². The highest BCUT2D eigenvalue weighted by molar-refractivity contribution is 7.11. The highest BCUT2D eigenvalue weighted by atomic mass is 32.1. The summed E-state index contributed by atoms with van der Waals surface area (Å²) < 4.78 is 5.03. The Kier molecular flexibility index (Phi) is 5.14. The second-order valence-electron chi connectivity index (χ2n) is 2.92. The van der Waals surface area contributed by atoms with Gasteiger partial charge in [-0.25, -0.2) is 4.98 Å². The highest BCUT2D eigenvalue weighted by Gasteiger charge is 2.13. The van der Waals surface area contributed by atoms with Gasteiger partial charge >= 0.3 is 0 Å². The van der Waals surface area contributed by atoms with Crippen molar-refractivity contribution in [1.82, 2.24) is 4.98 Å². The van der Waals surface area contributed by atoms with Gasteiger partial charge in [-0.1, -0.05) is 0 Å². The zero-order valence-corrected chi connectivity index (χ0v) is 9.38. The molecule has 0 aliphatic carbocycles. The quantitative estimate of drug-likeness (QED) is 0.404. The number of carbonyl (C=O) groups excluding carboxylic acids is 2. The van der Waals surface area contributed by atoms with Crippen molar-refractivity contribution in [2.45, 2.75) is 19.8 Å². The lowest BCUT2D eigenvalue weighted by Gasteiger charge is -1.99. The highest BCUT2D eigenvalue weighted by Crippen LogP contribution is 2.08. The van der Waals surface area contributed by atoms with Gasteiger partial charge in [-0.05, 0) is 6.92 Å². The van der Waals surface area contributed by atoms with Crippen molar-refractivity contribution in [2.75, 3.05) is 13.2 Å². The Morgan fingerprint density at radius 1 is 1.53 bits per heavy atom. The Hall–Kier alpha value is -1.07. The first kappa shape index (κ1) is 12.0. The summed E-state index contributed by atoms with van der Waals surface area (Å²) >= 11 is 1.26. The Bertz CT molecular complexity index is 321. The first-order valence-corrected chi connectivity index (χ1v) is 5.64. The van der Waals surface area contributed by atoms with Crippen LogP contribution in [0, 0.1) is 0 Å². The molecule has 0 radical (unpaired) electrons. The number of hydrogen-bond acceptors (Lipinski definition) is 5. The first-order chi connectivity index (χ1) is 7.24. The number of Topliss-reactive ketones (excluding diaryl/α,β-unsaturated/α-hetero) is 2. The normalized spacial score (nSPS) is 10.2. The van der Waals surface area contributed by atoms with Crippen LogP contribution in [0.4, 0.5) is 0 Å². The lowest BCUT2D eigenvalue weighted by atomic mass is 10.1. The predicted molar refractivity (Wildman–Crippen MR) is 57.2 cm³/mol. The van der Waals surface area contributed by atoms with E-state index in [4.69, 9.17) is 4.74 Å². The summed E-state index contributed by atoms with van der Waals surface area (Å²) in [6, 6.07) is 0. The van der Waals surface area contributed by atoms with E-state index >= 15 is 0 Å². The molecule has 5 heteroatoms. The van der Waals surface area contributed by atoms with E-state index in [2.05, 4.69) is 4.98 Å². The molecule has 0 unspecified atom stereocenters. The van der Waals surface area contributed by atoms with Crippen molar-refractivity contribution in [3.63, 3.8) is 0 Å². The fraction of sp³-hybridized carbons (Fsp3) is 0.500. The molecule has 0 aliphatic rings. The number of rotatable bonds is 7. The minimum atomic E-state index is -0.202. The number of aromatic nitrogens is 1. The molecular formula is C10H13NO3S. The van der Waals surface area contributed by atoms with Crippen LogP contribution < -0.4 is 0 Å². The summed E-state index contributed by atoms with van der Waals surface area (Å²) in [6.07, 6.45) is 1.79. The summed E-state index contributed by atoms with van der Waals surface area (Å²) in [7, 11) is 0. The third kappa shape index (κ3) is 4.31. The lowest BCUT2D eigenvalue weighted by Crippen LogP contribution is -2.10. The first-order valence-electron chi connectivity index (χ1n) is 4.76. The van der Waals surface area contributed by atoms with E-state index in [1.165, 1.54) is 11.3 Å². The maximum absolute atomic E-state index is 11.4. The van der Waals surface area contributed by atoms with Gasteiger partial charge in [0.25, 0.3) is 0 Å². The average molecular weight is 227 g/mol. The topological polar surface area (TPSA) is 56.3 Å². The molecule has 0 bridgehead atoms. The fourth-order valence-corrected chi connectivity index (χ4v) is 1.61. The summed E-state index contributed by atoms with van der Waals surface area (Å²) in [5, 5.41) is 2.12. The predicted octanol–water partition coefficient (Wildman–Crippen LogP) is 1.71. The van der Waals surface area contributed by atoms with Crippen LogP contribution >= 0.6 is 11.3 Å². The number of thiazole rings is 1. The molecule has 0 amide bonds. The Morgan fingerprint density at radius 3 is 2.93 bits per heavy atom. The molecule has 15 heavy (non-hydrogen) atoms. The standard InChI is InChI=1S/C10H13NO3S/c1-2-14-5-3-8(12)7-9(13)10-11-4-6-15-10/h4,6H,2-3,5,7H2,1H3. The third-order valence-electron chi connectivity index (χ3n) is 1.76. The molecule has 0 aromatic carbocycles. The van der Waals surface area contributed by atoms with Crippen LogP contribution in [0.3, 0.4) is 0 Å². The van der Waals surface area contributed by atoms with Gasteiger partial charge in [-0.3, -0.25) is 9.59 Å². The Morgan fingerprint density at radius 2 is 2.33 bits per heavy atom. The number of ketones is 2. The zero-order valence-electron chi connectivity index (χ0n) is 8.56. The fourth-order valence-electron chi connectivity index (χ4n) is 1.03. The molecule has 0 saturated heterocycles. The molecule has 0 saturated carbocycles. The van der Waals surface area contributed by atoms with Gasteiger partial charge in [0.2, 0.25) is 0 Å². The summed E-state index contributed by atoms with van der Waals surface area (Å²) in [4.78, 5) is 26.6. The Balaban J connectivity index is 2.29. The molecule has 0 aliphatic heterocycles. The van der Waals surface area contributed by atoms with Crippen molar-refractivity contribution in [3.8, 4) is 0 Å². The van der Waals surface area contributed by atoms with Gasteiger partial charge in [0.15, 0.2) is 10.8 Å². The van der Waals surface area contributed by atoms with Gasteiger partial charge in [0.1, 0.15) is 5.78 Å². The van der Waals surface area contributed by atoms with E-state index in [9.17, 15) is 9.59 Å². The van der Waals surface area contributed by atoms with E-state index in [0.717, 1.165) is 0 Å². The minimum Gasteiger partial charge on any atom is -0.381 e. The molecule has 1 rings (SSSR count). The molecule has 4 nitrogen and oxygen atoms in total. The molecule has 1 aromatic heterocycles. The van der Waals surface area contributed by atoms with E-state index in [-0.39, 0.29) is 18.0 Å². The number of nitrogens with zero attached hydrogens (tertiary/aromatic N) is 1. The van der Waals surface area contributed by atoms with Crippen LogP contribution in [0.5, 0.6) is 0 Å². The van der Waals surface area contributed by atoms with Crippen molar-refractivity contribution in [3.05, 3.63) is 16.6 Å². The van der Waals surface area contributed by atoms with E-state index in [1.54, 1.807) is 11.6 Å². The van der Waals surface area contributed by atoms with Gasteiger partial charge < -0.3 is 4.74 Å². The second-order valence-corrected chi connectivity index (χ2v) is 3.82. The van der Waals surface area contributed by atoms with Crippen molar-refractivity contribution < 1.29 is 14.3 Å². The number of carbonyl (C=O) groups is 2. The monoisotopic (exact) mass is 227 g/mol. The summed E-state index contributed by atoms with van der Waals surface area (Å²) in [5.41, 5.74) is 0. The minimum absolute atomic E-state index is 0.0689. The Labute approximate surface area is 92.3 Å².